The number of thiazole rings is 1. The number of carbonyl (C=O) groups excluding carboxylic acids is 1. The van der Waals surface area contributed by atoms with Crippen LogP contribution < -0.4 is 5.32 Å². The molecule has 1 unspecified atom stereocenters. The van der Waals surface area contributed by atoms with E-state index in [1.807, 2.05) is 41.2 Å². The van der Waals surface area contributed by atoms with Crippen molar-refractivity contribution in [1.29, 1.82) is 0 Å². The van der Waals surface area contributed by atoms with Gasteiger partial charge in [0, 0.05) is 25.0 Å². The van der Waals surface area contributed by atoms with Crippen molar-refractivity contribution >= 4 is 33.5 Å². The molecule has 1 fully saturated rings. The number of fused-ring (bicyclic) bond motifs is 1. The fourth-order valence-corrected chi connectivity index (χ4v) is 4.30. The molecule has 1 aliphatic rings. The number of nitrogens with zero attached hydrogens (tertiary/aromatic N) is 3. The van der Waals surface area contributed by atoms with Crippen molar-refractivity contribution in [3.05, 3.63) is 53.8 Å². The van der Waals surface area contributed by atoms with E-state index in [4.69, 9.17) is 0 Å². The summed E-state index contributed by atoms with van der Waals surface area (Å²) in [7, 11) is 0. The lowest BCUT2D eigenvalue weighted by molar-refractivity contribution is -0.117. The SMILES string of the molecule is O=C(/C=C/c1nc2ccccc2s1)N[C@@H]1CC(Cn2cccn2)C[C@H]1O. The van der Waals surface area contributed by atoms with Gasteiger partial charge in [0.05, 0.1) is 22.4 Å². The normalized spacial score (nSPS) is 23.0. The Balaban J connectivity index is 1.33. The molecular weight excluding hydrogens is 348 g/mol. The van der Waals surface area contributed by atoms with Crippen LogP contribution in [0.3, 0.4) is 0 Å². The van der Waals surface area contributed by atoms with E-state index < -0.39 is 6.10 Å². The fraction of sp³-hybridized carbons (Fsp3) is 0.316. The summed E-state index contributed by atoms with van der Waals surface area (Å²) in [6.45, 7) is 0.762. The third kappa shape index (κ3) is 3.84. The molecule has 2 N–H and O–H groups in total. The number of aromatic nitrogens is 3. The van der Waals surface area contributed by atoms with Crippen LogP contribution in [0, 0.1) is 5.92 Å². The summed E-state index contributed by atoms with van der Waals surface area (Å²) in [6.07, 6.45) is 7.79. The largest absolute Gasteiger partial charge is 0.391 e. The van der Waals surface area contributed by atoms with Gasteiger partial charge in [-0.3, -0.25) is 9.48 Å². The molecule has 0 saturated heterocycles. The molecule has 0 spiro atoms. The van der Waals surface area contributed by atoms with Gasteiger partial charge in [0.1, 0.15) is 5.01 Å². The van der Waals surface area contributed by atoms with E-state index in [0.29, 0.717) is 12.3 Å². The Kier molecular flexibility index (Phi) is 4.81. The first-order valence-electron chi connectivity index (χ1n) is 8.67. The maximum absolute atomic E-state index is 12.2. The van der Waals surface area contributed by atoms with E-state index in [9.17, 15) is 9.90 Å². The van der Waals surface area contributed by atoms with Crippen LogP contribution in [0.4, 0.5) is 0 Å². The third-order valence-corrected chi connectivity index (χ3v) is 5.65. The van der Waals surface area contributed by atoms with Crippen LogP contribution in [-0.4, -0.2) is 37.9 Å². The van der Waals surface area contributed by atoms with Crippen molar-refractivity contribution in [2.24, 2.45) is 5.92 Å². The molecule has 4 rings (SSSR count). The first-order chi connectivity index (χ1) is 12.7. The van der Waals surface area contributed by atoms with Gasteiger partial charge in [-0.1, -0.05) is 12.1 Å². The fourth-order valence-electron chi connectivity index (χ4n) is 3.43. The van der Waals surface area contributed by atoms with Gasteiger partial charge in [0.2, 0.25) is 5.91 Å². The zero-order valence-electron chi connectivity index (χ0n) is 14.2. The van der Waals surface area contributed by atoms with Crippen LogP contribution in [0.15, 0.2) is 48.8 Å². The zero-order chi connectivity index (χ0) is 17.9. The highest BCUT2D eigenvalue weighted by molar-refractivity contribution is 7.19. The number of aliphatic hydroxyl groups is 1. The lowest BCUT2D eigenvalue weighted by Crippen LogP contribution is -2.39. The number of hydrogen-bond acceptors (Lipinski definition) is 5. The molecule has 2 aromatic heterocycles. The molecule has 1 aliphatic carbocycles. The molecule has 7 heteroatoms. The molecule has 3 aromatic rings. The van der Waals surface area contributed by atoms with Gasteiger partial charge < -0.3 is 10.4 Å². The quantitative estimate of drug-likeness (QED) is 0.678. The second-order valence-corrected chi connectivity index (χ2v) is 7.66. The van der Waals surface area contributed by atoms with Crippen LogP contribution in [-0.2, 0) is 11.3 Å². The van der Waals surface area contributed by atoms with E-state index in [1.165, 1.54) is 6.08 Å². The summed E-state index contributed by atoms with van der Waals surface area (Å²) in [5.74, 6) is 0.108. The van der Waals surface area contributed by atoms with Gasteiger partial charge in [-0.15, -0.1) is 11.3 Å². The molecule has 0 aliphatic heterocycles. The van der Waals surface area contributed by atoms with Gasteiger partial charge in [-0.2, -0.15) is 5.10 Å². The van der Waals surface area contributed by atoms with E-state index in [-0.39, 0.29) is 11.9 Å². The van der Waals surface area contributed by atoms with Gasteiger partial charge in [-0.05, 0) is 43.0 Å². The maximum atomic E-state index is 12.2. The molecule has 1 saturated carbocycles. The predicted octanol–water partition coefficient (Wildman–Crippen LogP) is 2.46. The molecule has 26 heavy (non-hydrogen) atoms. The maximum Gasteiger partial charge on any atom is 0.244 e. The number of hydrogen-bond donors (Lipinski definition) is 2. The molecule has 134 valence electrons. The minimum Gasteiger partial charge on any atom is -0.391 e. The van der Waals surface area contributed by atoms with E-state index in [1.54, 1.807) is 23.6 Å². The summed E-state index contributed by atoms with van der Waals surface area (Å²) >= 11 is 1.55. The number of rotatable bonds is 5. The molecule has 1 aromatic carbocycles. The average molecular weight is 368 g/mol. The third-order valence-electron chi connectivity index (χ3n) is 4.65. The number of benzene rings is 1. The highest BCUT2D eigenvalue weighted by Crippen LogP contribution is 2.27. The van der Waals surface area contributed by atoms with Crippen molar-refractivity contribution in [2.45, 2.75) is 31.5 Å². The Bertz CT molecular complexity index is 886. The monoisotopic (exact) mass is 368 g/mol. The molecule has 0 bridgehead atoms. The molecule has 2 heterocycles. The first kappa shape index (κ1) is 16.9. The van der Waals surface area contributed by atoms with Crippen LogP contribution in [0.2, 0.25) is 0 Å². The minimum absolute atomic E-state index is 0.201. The van der Waals surface area contributed by atoms with Crippen LogP contribution >= 0.6 is 11.3 Å². The minimum atomic E-state index is -0.518. The number of amides is 1. The lowest BCUT2D eigenvalue weighted by Gasteiger charge is -2.14. The Hall–Kier alpha value is -2.51. The van der Waals surface area contributed by atoms with Crippen molar-refractivity contribution in [1.82, 2.24) is 20.1 Å². The molecule has 0 radical (unpaired) electrons. The summed E-state index contributed by atoms with van der Waals surface area (Å²) in [5.41, 5.74) is 0.935. The number of para-hydroxylation sites is 1. The average Bonchev–Trinajstić information content (AvgIpc) is 3.34. The standard InChI is InChI=1S/C19H20N4O2S/c24-16-11-13(12-23-9-3-8-20-23)10-15(16)21-18(25)6-7-19-22-14-4-1-2-5-17(14)26-19/h1-9,13,15-16,24H,10-12H2,(H,21,25)/b7-6+/t13?,15-,16-/m1/s1. The predicted molar refractivity (Wildman–Crippen MR) is 102 cm³/mol. The second-order valence-electron chi connectivity index (χ2n) is 6.60. The van der Waals surface area contributed by atoms with Gasteiger partial charge >= 0.3 is 0 Å². The topological polar surface area (TPSA) is 80.0 Å². The highest BCUT2D eigenvalue weighted by Gasteiger charge is 2.33. The Morgan fingerprint density at radius 1 is 1.35 bits per heavy atom. The van der Waals surface area contributed by atoms with Gasteiger partial charge in [-0.25, -0.2) is 4.98 Å². The number of nitrogens with one attached hydrogen (secondary N) is 1. The van der Waals surface area contributed by atoms with E-state index >= 15 is 0 Å². The summed E-state index contributed by atoms with van der Waals surface area (Å²) in [6, 6.07) is 9.56. The van der Waals surface area contributed by atoms with Crippen LogP contribution in [0.5, 0.6) is 0 Å². The van der Waals surface area contributed by atoms with Gasteiger partial charge in [0.25, 0.3) is 0 Å². The van der Waals surface area contributed by atoms with Gasteiger partial charge in [0.15, 0.2) is 0 Å². The Morgan fingerprint density at radius 3 is 3.04 bits per heavy atom. The lowest BCUT2D eigenvalue weighted by atomic mass is 10.1. The first-order valence-corrected chi connectivity index (χ1v) is 9.48. The number of aliphatic hydroxyl groups excluding tert-OH is 1. The molecular formula is C19H20N4O2S. The van der Waals surface area contributed by atoms with Crippen molar-refractivity contribution < 1.29 is 9.90 Å². The summed E-state index contributed by atoms with van der Waals surface area (Å²) < 4.78 is 2.97. The van der Waals surface area contributed by atoms with Crippen molar-refractivity contribution in [3.63, 3.8) is 0 Å². The zero-order valence-corrected chi connectivity index (χ0v) is 15.0. The molecule has 3 atom stereocenters. The summed E-state index contributed by atoms with van der Waals surface area (Å²) in [5, 5.41) is 18.2. The van der Waals surface area contributed by atoms with Crippen LogP contribution in [0.25, 0.3) is 16.3 Å². The van der Waals surface area contributed by atoms with E-state index in [2.05, 4.69) is 15.4 Å². The highest BCUT2D eigenvalue weighted by atomic mass is 32.1. The van der Waals surface area contributed by atoms with Crippen molar-refractivity contribution in [2.75, 3.05) is 0 Å². The molecule has 6 nitrogen and oxygen atoms in total. The smallest absolute Gasteiger partial charge is 0.244 e. The van der Waals surface area contributed by atoms with Crippen molar-refractivity contribution in [3.8, 4) is 0 Å². The number of carbonyl (C=O) groups is 1. The Morgan fingerprint density at radius 2 is 2.23 bits per heavy atom. The Labute approximate surface area is 155 Å². The van der Waals surface area contributed by atoms with E-state index in [0.717, 1.165) is 28.2 Å². The molecule has 1 amide bonds. The summed E-state index contributed by atoms with van der Waals surface area (Å²) in [4.78, 5) is 16.7. The second kappa shape index (κ2) is 7.39. The van der Waals surface area contributed by atoms with Crippen LogP contribution in [0.1, 0.15) is 17.8 Å².